The summed E-state index contributed by atoms with van der Waals surface area (Å²) >= 11 is 0. The number of fused-ring (bicyclic) bond motifs is 5. The Morgan fingerprint density at radius 2 is 1.85 bits per heavy atom. The largest absolute Gasteiger partial charge is 0.393 e. The first-order valence-electron chi connectivity index (χ1n) is 13.5. The molecule has 1 aromatic heterocycles. The number of aliphatic hydroxyl groups excluding tert-OH is 3. The van der Waals surface area contributed by atoms with Crippen LogP contribution in [0.15, 0.2) is 0 Å². The van der Waals surface area contributed by atoms with E-state index < -0.39 is 0 Å². The maximum absolute atomic E-state index is 11.8. The summed E-state index contributed by atoms with van der Waals surface area (Å²) in [6.45, 7) is 9.28. The summed E-state index contributed by atoms with van der Waals surface area (Å²) in [5.41, 5.74) is -0.0527. The fourth-order valence-corrected chi connectivity index (χ4v) is 9.74. The van der Waals surface area contributed by atoms with Crippen molar-refractivity contribution < 1.29 is 15.3 Å². The number of rotatable bonds is 5. The van der Waals surface area contributed by atoms with Crippen LogP contribution in [0.5, 0.6) is 0 Å². The Labute approximate surface area is 198 Å². The van der Waals surface area contributed by atoms with Gasteiger partial charge in [-0.15, -0.1) is 10.2 Å². The second-order valence-corrected chi connectivity index (χ2v) is 12.5. The molecule has 7 nitrogen and oxygen atoms in total. The number of tetrazole rings is 1. The highest BCUT2D eigenvalue weighted by molar-refractivity contribution is 5.15. The van der Waals surface area contributed by atoms with E-state index in [1.165, 1.54) is 0 Å². The number of aromatic nitrogens is 4. The topological polar surface area (TPSA) is 115 Å². The van der Waals surface area contributed by atoms with Crippen molar-refractivity contribution in [2.24, 2.45) is 52.3 Å². The van der Waals surface area contributed by atoms with E-state index in [1.807, 2.05) is 0 Å². The molecule has 7 heteroatoms. The molecule has 0 saturated heterocycles. The van der Waals surface area contributed by atoms with Crippen LogP contribution in [0.4, 0.5) is 0 Å². The molecule has 12 atom stereocenters. The first-order valence-corrected chi connectivity index (χ1v) is 13.5. The number of nitrogens with one attached hydrogen (secondary N) is 1. The van der Waals surface area contributed by atoms with Crippen LogP contribution < -0.4 is 0 Å². The van der Waals surface area contributed by atoms with Gasteiger partial charge in [0.05, 0.1) is 18.3 Å². The summed E-state index contributed by atoms with van der Waals surface area (Å²) in [5.74, 6) is 3.22. The fourth-order valence-electron chi connectivity index (χ4n) is 9.74. The van der Waals surface area contributed by atoms with Crippen molar-refractivity contribution in [2.75, 3.05) is 0 Å². The van der Waals surface area contributed by atoms with Gasteiger partial charge in [-0.2, -0.15) is 5.21 Å². The first kappa shape index (κ1) is 23.7. The fraction of sp³-hybridized carbons (Fsp3) is 0.962. The number of hydrogen-bond donors (Lipinski definition) is 4. The standard InChI is InChI=1S/C26H44N4O3/c1-5-16-19-12-15(31)10-11-25(19,3)20-13-21(32)26(4)17(7-8-18(26)23(20)24(16)33)14(2)6-9-22-27-29-30-28-22/h14-21,23-24,31-33H,5-13H2,1-4H3,(H,27,28,29,30)/t14-,15-,16-,17-,18?,19+,20?,21+,23?,24?,25+,26-/m1/s1. The molecule has 33 heavy (non-hydrogen) atoms. The summed E-state index contributed by atoms with van der Waals surface area (Å²) in [6, 6.07) is 0. The van der Waals surface area contributed by atoms with Gasteiger partial charge < -0.3 is 15.3 Å². The number of aromatic amines is 1. The molecule has 4 aliphatic carbocycles. The van der Waals surface area contributed by atoms with E-state index in [0.29, 0.717) is 29.6 Å². The Morgan fingerprint density at radius 1 is 1.06 bits per heavy atom. The van der Waals surface area contributed by atoms with Crippen molar-refractivity contribution in [1.29, 1.82) is 0 Å². The van der Waals surface area contributed by atoms with Gasteiger partial charge in [-0.25, -0.2) is 0 Å². The predicted molar refractivity (Wildman–Crippen MR) is 125 cm³/mol. The molecule has 0 aliphatic heterocycles. The lowest BCUT2D eigenvalue weighted by atomic mass is 9.41. The molecular weight excluding hydrogens is 416 g/mol. The molecule has 1 heterocycles. The Balaban J connectivity index is 1.42. The minimum Gasteiger partial charge on any atom is -0.393 e. The lowest BCUT2D eigenvalue weighted by Gasteiger charge is -2.65. The molecule has 4 unspecified atom stereocenters. The van der Waals surface area contributed by atoms with Crippen LogP contribution in [0.2, 0.25) is 0 Å². The summed E-state index contributed by atoms with van der Waals surface area (Å²) in [4.78, 5) is 0. The van der Waals surface area contributed by atoms with Crippen LogP contribution in [0, 0.1) is 52.3 Å². The average molecular weight is 461 g/mol. The predicted octanol–water partition coefficient (Wildman–Crippen LogP) is 3.37. The van der Waals surface area contributed by atoms with E-state index in [0.717, 1.165) is 63.6 Å². The highest BCUT2D eigenvalue weighted by Gasteiger charge is 2.67. The number of nitrogens with zero attached hydrogens (tertiary/aromatic N) is 3. The van der Waals surface area contributed by atoms with Crippen molar-refractivity contribution in [3.05, 3.63) is 5.82 Å². The van der Waals surface area contributed by atoms with Gasteiger partial charge in [-0.05, 0) is 97.2 Å². The average Bonchev–Trinajstić information content (AvgIpc) is 3.43. The zero-order valence-electron chi connectivity index (χ0n) is 20.8. The zero-order chi connectivity index (χ0) is 23.5. The second-order valence-electron chi connectivity index (χ2n) is 12.5. The van der Waals surface area contributed by atoms with Crippen LogP contribution in [0.1, 0.15) is 84.9 Å². The van der Waals surface area contributed by atoms with Gasteiger partial charge in [0.25, 0.3) is 0 Å². The maximum atomic E-state index is 11.8. The third-order valence-corrected chi connectivity index (χ3v) is 11.5. The lowest BCUT2D eigenvalue weighted by molar-refractivity contribution is -0.228. The number of H-pyrrole nitrogens is 1. The number of aliphatic hydroxyl groups is 3. The quantitative estimate of drug-likeness (QED) is 0.536. The van der Waals surface area contributed by atoms with Crippen LogP contribution >= 0.6 is 0 Å². The second kappa shape index (κ2) is 8.56. The van der Waals surface area contributed by atoms with Gasteiger partial charge in [-0.3, -0.25) is 0 Å². The van der Waals surface area contributed by atoms with Crippen molar-refractivity contribution in [2.45, 2.75) is 104 Å². The summed E-state index contributed by atoms with van der Waals surface area (Å²) in [6.07, 6.45) is 7.56. The van der Waals surface area contributed by atoms with Crippen molar-refractivity contribution in [3.8, 4) is 0 Å². The van der Waals surface area contributed by atoms with Gasteiger partial charge in [-0.1, -0.05) is 39.3 Å². The molecule has 0 aromatic carbocycles. The van der Waals surface area contributed by atoms with Crippen molar-refractivity contribution >= 4 is 0 Å². The molecule has 4 fully saturated rings. The van der Waals surface area contributed by atoms with E-state index in [2.05, 4.69) is 48.3 Å². The first-order chi connectivity index (χ1) is 15.7. The molecule has 4 aliphatic rings. The minimum atomic E-state index is -0.335. The molecular formula is C26H44N4O3. The van der Waals surface area contributed by atoms with Gasteiger partial charge >= 0.3 is 0 Å². The molecule has 4 saturated carbocycles. The van der Waals surface area contributed by atoms with Crippen LogP contribution in [-0.2, 0) is 6.42 Å². The maximum Gasteiger partial charge on any atom is 0.174 e. The summed E-state index contributed by atoms with van der Waals surface area (Å²) in [7, 11) is 0. The zero-order valence-corrected chi connectivity index (χ0v) is 20.8. The van der Waals surface area contributed by atoms with E-state index in [1.54, 1.807) is 0 Å². The molecule has 1 aromatic rings. The van der Waals surface area contributed by atoms with Gasteiger partial charge in [0.2, 0.25) is 0 Å². The molecule has 4 N–H and O–H groups in total. The molecule has 186 valence electrons. The van der Waals surface area contributed by atoms with Crippen LogP contribution in [-0.4, -0.2) is 54.3 Å². The smallest absolute Gasteiger partial charge is 0.174 e. The van der Waals surface area contributed by atoms with E-state index in [4.69, 9.17) is 0 Å². The number of hydrogen-bond acceptors (Lipinski definition) is 6. The summed E-state index contributed by atoms with van der Waals surface area (Å²) < 4.78 is 0. The normalized spacial score (nSPS) is 50.3. The minimum absolute atomic E-state index is 0.106. The van der Waals surface area contributed by atoms with E-state index >= 15 is 0 Å². The number of aryl methyl sites for hydroxylation is 1. The monoisotopic (exact) mass is 460 g/mol. The Hall–Kier alpha value is -1.05. The van der Waals surface area contributed by atoms with Gasteiger partial charge in [0.15, 0.2) is 5.82 Å². The molecule has 5 rings (SSSR count). The van der Waals surface area contributed by atoms with Crippen LogP contribution in [0.3, 0.4) is 0 Å². The molecule has 0 spiro atoms. The Morgan fingerprint density at radius 3 is 2.55 bits per heavy atom. The van der Waals surface area contributed by atoms with Gasteiger partial charge in [0, 0.05) is 6.42 Å². The summed E-state index contributed by atoms with van der Waals surface area (Å²) in [5, 5.41) is 48.5. The third kappa shape index (κ3) is 3.51. The van der Waals surface area contributed by atoms with E-state index in [9.17, 15) is 15.3 Å². The Bertz CT molecular complexity index is 820. The van der Waals surface area contributed by atoms with Crippen molar-refractivity contribution in [3.63, 3.8) is 0 Å². The van der Waals surface area contributed by atoms with E-state index in [-0.39, 0.29) is 41.0 Å². The lowest BCUT2D eigenvalue weighted by Crippen LogP contribution is -2.65. The SMILES string of the molecule is CC[C@H]1C(O)C2C3CC[C@H]([C@H](C)CCc4nn[nH]n4)[C@@]3(C)[C@@H](O)CC2[C@@]2(C)CC[C@@H](O)C[C@@H]12. The molecule has 0 radical (unpaired) electrons. The highest BCUT2D eigenvalue weighted by atomic mass is 16.3. The molecule has 0 bridgehead atoms. The van der Waals surface area contributed by atoms with Crippen molar-refractivity contribution in [1.82, 2.24) is 20.6 Å². The Kier molecular flexibility index (Phi) is 6.14. The van der Waals surface area contributed by atoms with Gasteiger partial charge in [0.1, 0.15) is 0 Å². The molecule has 0 amide bonds. The highest BCUT2D eigenvalue weighted by Crippen LogP contribution is 2.69. The van der Waals surface area contributed by atoms with Crippen LogP contribution in [0.25, 0.3) is 0 Å². The third-order valence-electron chi connectivity index (χ3n) is 11.5.